The Morgan fingerprint density at radius 2 is 2.18 bits per heavy atom. The van der Waals surface area contributed by atoms with Crippen LogP contribution in [0.5, 0.6) is 5.75 Å². The Morgan fingerprint density at radius 3 is 2.53 bits per heavy atom. The van der Waals surface area contributed by atoms with E-state index in [1.54, 1.807) is 0 Å². The van der Waals surface area contributed by atoms with Crippen LogP contribution in [0.2, 0.25) is 0 Å². The van der Waals surface area contributed by atoms with Crippen molar-refractivity contribution in [1.82, 2.24) is 4.98 Å². The Bertz CT molecular complexity index is 580. The van der Waals surface area contributed by atoms with E-state index >= 15 is 0 Å². The molecule has 0 spiro atoms. The predicted molar refractivity (Wildman–Crippen MR) is 51.8 cm³/mol. The number of alkyl halides is 2. The van der Waals surface area contributed by atoms with Gasteiger partial charge in [0.1, 0.15) is 17.4 Å². The number of nitriles is 1. The smallest absolute Gasteiger partial charge is 0.268 e. The number of pyridine rings is 1. The van der Waals surface area contributed by atoms with Crippen molar-refractivity contribution in [3.63, 3.8) is 0 Å². The Kier molecular flexibility index (Phi) is 3.59. The summed E-state index contributed by atoms with van der Waals surface area (Å²) in [5.74, 6) is -0.371. The van der Waals surface area contributed by atoms with Gasteiger partial charge in [0.05, 0.1) is 18.9 Å². The molecule has 17 heavy (non-hydrogen) atoms. The van der Waals surface area contributed by atoms with E-state index in [0.29, 0.717) is 0 Å². The number of nitrogens with zero attached hydrogens (tertiary/aromatic N) is 2. The van der Waals surface area contributed by atoms with Crippen LogP contribution < -0.4 is 9.88 Å². The van der Waals surface area contributed by atoms with E-state index in [-0.39, 0.29) is 5.75 Å². The van der Waals surface area contributed by atoms with Crippen LogP contribution in [0.4, 0.5) is 8.78 Å². The number of halogens is 2. The van der Waals surface area contributed by atoms with Crippen LogP contribution in [0, 0.1) is 11.3 Å². The summed E-state index contributed by atoms with van der Waals surface area (Å²) in [6.45, 7) is 0. The zero-order valence-corrected chi connectivity index (χ0v) is 9.33. The van der Waals surface area contributed by atoms with Crippen LogP contribution in [0.3, 0.4) is 0 Å². The zero-order chi connectivity index (χ0) is 13.2. The quantitative estimate of drug-likeness (QED) is 0.856. The molecule has 1 aromatic heterocycles. The molecule has 0 unspecified atom stereocenters. The van der Waals surface area contributed by atoms with Crippen molar-refractivity contribution in [3.8, 4) is 11.8 Å². The molecule has 1 aromatic rings. The van der Waals surface area contributed by atoms with Crippen molar-refractivity contribution in [1.29, 1.82) is 5.26 Å². The molecule has 0 aromatic carbocycles. The number of hydrogen-bond donors (Lipinski definition) is 1. The van der Waals surface area contributed by atoms with Gasteiger partial charge < -0.3 is 4.74 Å². The molecule has 0 aliphatic carbocycles. The number of primary sulfonamides is 1. The lowest BCUT2D eigenvalue weighted by Gasteiger charge is -2.10. The molecule has 1 rings (SSSR count). The van der Waals surface area contributed by atoms with E-state index < -0.39 is 32.6 Å². The molecule has 6 nitrogen and oxygen atoms in total. The topological polar surface area (TPSA) is 106 Å². The van der Waals surface area contributed by atoms with Crippen LogP contribution in [-0.2, 0) is 10.0 Å². The first-order chi connectivity index (χ1) is 7.82. The molecule has 0 radical (unpaired) electrons. The number of hydrogen-bond acceptors (Lipinski definition) is 5. The van der Waals surface area contributed by atoms with Gasteiger partial charge in [0.25, 0.3) is 16.4 Å². The van der Waals surface area contributed by atoms with Crippen molar-refractivity contribution in [2.24, 2.45) is 5.14 Å². The lowest BCUT2D eigenvalue weighted by atomic mass is 10.1. The van der Waals surface area contributed by atoms with E-state index in [1.165, 1.54) is 6.07 Å². The molecule has 1 heterocycles. The highest BCUT2D eigenvalue weighted by Gasteiger charge is 2.27. The third kappa shape index (κ3) is 2.48. The molecule has 0 saturated carbocycles. The summed E-state index contributed by atoms with van der Waals surface area (Å²) in [4.78, 5) is 3.34. The summed E-state index contributed by atoms with van der Waals surface area (Å²) in [6.07, 6.45) is -2.30. The Morgan fingerprint density at radius 1 is 1.59 bits per heavy atom. The average Bonchev–Trinajstić information content (AvgIpc) is 2.25. The monoisotopic (exact) mass is 263 g/mol. The predicted octanol–water partition coefficient (Wildman–Crippen LogP) is 0.547. The van der Waals surface area contributed by atoms with Crippen molar-refractivity contribution >= 4 is 10.0 Å². The lowest BCUT2D eigenvalue weighted by Crippen LogP contribution is -2.17. The summed E-state index contributed by atoms with van der Waals surface area (Å²) in [7, 11) is -3.25. The van der Waals surface area contributed by atoms with Gasteiger partial charge in [0.15, 0.2) is 5.03 Å². The van der Waals surface area contributed by atoms with Crippen molar-refractivity contribution < 1.29 is 21.9 Å². The largest absolute Gasteiger partial charge is 0.495 e. The molecule has 92 valence electrons. The molecule has 0 atom stereocenters. The SMILES string of the molecule is COc1cnc(S(N)(=O)=O)c(C#N)c1C(F)F. The fourth-order valence-electron chi connectivity index (χ4n) is 1.19. The van der Waals surface area contributed by atoms with Gasteiger partial charge >= 0.3 is 0 Å². The maximum Gasteiger partial charge on any atom is 0.268 e. The molecular weight excluding hydrogens is 256 g/mol. The fraction of sp³-hybridized carbons (Fsp3) is 0.250. The number of sulfonamides is 1. The number of aromatic nitrogens is 1. The molecule has 0 bridgehead atoms. The second-order valence-corrected chi connectivity index (χ2v) is 4.35. The van der Waals surface area contributed by atoms with Crippen molar-refractivity contribution in [2.45, 2.75) is 11.5 Å². The first kappa shape index (κ1) is 13.3. The Hall–Kier alpha value is -1.79. The highest BCUT2D eigenvalue weighted by Crippen LogP contribution is 2.33. The van der Waals surface area contributed by atoms with Gasteiger partial charge in [-0.1, -0.05) is 0 Å². The second-order valence-electron chi connectivity index (χ2n) is 2.88. The number of rotatable bonds is 3. The van der Waals surface area contributed by atoms with Gasteiger partial charge in [-0.3, -0.25) is 0 Å². The van der Waals surface area contributed by atoms with Crippen LogP contribution in [0.25, 0.3) is 0 Å². The van der Waals surface area contributed by atoms with E-state index in [0.717, 1.165) is 13.3 Å². The zero-order valence-electron chi connectivity index (χ0n) is 8.52. The molecule has 0 amide bonds. The number of ether oxygens (including phenoxy) is 1. The molecule has 0 aliphatic rings. The van der Waals surface area contributed by atoms with Crippen LogP contribution >= 0.6 is 0 Å². The van der Waals surface area contributed by atoms with Gasteiger partial charge in [-0.05, 0) is 0 Å². The van der Waals surface area contributed by atoms with Gasteiger partial charge in [0, 0.05) is 0 Å². The maximum atomic E-state index is 12.7. The molecule has 0 fully saturated rings. The number of methoxy groups -OCH3 is 1. The van der Waals surface area contributed by atoms with Crippen LogP contribution in [-0.4, -0.2) is 20.5 Å². The minimum Gasteiger partial charge on any atom is -0.495 e. The van der Waals surface area contributed by atoms with E-state index in [1.807, 2.05) is 0 Å². The van der Waals surface area contributed by atoms with Gasteiger partial charge in [-0.25, -0.2) is 27.3 Å². The average molecular weight is 263 g/mol. The third-order valence-electron chi connectivity index (χ3n) is 1.87. The van der Waals surface area contributed by atoms with Crippen molar-refractivity contribution in [3.05, 3.63) is 17.3 Å². The highest BCUT2D eigenvalue weighted by molar-refractivity contribution is 7.89. The maximum absolute atomic E-state index is 12.7. The Balaban J connectivity index is 3.72. The summed E-state index contributed by atoms with van der Waals surface area (Å²) in [5, 5.41) is 12.6. The number of nitrogens with two attached hydrogens (primary N) is 1. The standard InChI is InChI=1S/C8H7F2N3O3S/c1-16-5-3-13-8(17(12,14)15)4(2-11)6(5)7(9)10/h3,7H,1H3,(H2,12,14,15). The van der Waals surface area contributed by atoms with E-state index in [4.69, 9.17) is 10.4 Å². The molecule has 0 saturated heterocycles. The molecule has 2 N–H and O–H groups in total. The summed E-state index contributed by atoms with van der Waals surface area (Å²) in [5.41, 5.74) is -1.64. The third-order valence-corrected chi connectivity index (χ3v) is 2.72. The van der Waals surface area contributed by atoms with Crippen LogP contribution in [0.15, 0.2) is 11.2 Å². The lowest BCUT2D eigenvalue weighted by molar-refractivity contribution is 0.146. The fourth-order valence-corrected chi connectivity index (χ4v) is 1.83. The van der Waals surface area contributed by atoms with Gasteiger partial charge in [-0.15, -0.1) is 0 Å². The first-order valence-electron chi connectivity index (χ1n) is 4.10. The summed E-state index contributed by atoms with van der Waals surface area (Å²) in [6, 6.07) is 1.35. The van der Waals surface area contributed by atoms with Crippen molar-refractivity contribution in [2.75, 3.05) is 7.11 Å². The summed E-state index contributed by atoms with van der Waals surface area (Å²) >= 11 is 0. The van der Waals surface area contributed by atoms with Gasteiger partial charge in [-0.2, -0.15) is 5.26 Å². The molecule has 0 aliphatic heterocycles. The molecule has 9 heteroatoms. The summed E-state index contributed by atoms with van der Waals surface area (Å²) < 4.78 is 52.2. The van der Waals surface area contributed by atoms with Gasteiger partial charge in [0.2, 0.25) is 0 Å². The van der Waals surface area contributed by atoms with E-state index in [2.05, 4.69) is 9.72 Å². The highest BCUT2D eigenvalue weighted by atomic mass is 32.2. The normalized spacial score (nSPS) is 11.3. The molecular formula is C8H7F2N3O3S. The Labute approximate surface area is 95.7 Å². The minimum atomic E-state index is -4.35. The van der Waals surface area contributed by atoms with E-state index in [9.17, 15) is 17.2 Å². The van der Waals surface area contributed by atoms with Crippen LogP contribution in [0.1, 0.15) is 17.6 Å². The minimum absolute atomic E-state index is 0.371. The second kappa shape index (κ2) is 4.60. The first-order valence-corrected chi connectivity index (χ1v) is 5.65.